The van der Waals surface area contributed by atoms with Crippen LogP contribution in [-0.2, 0) is 25.8 Å². The Labute approximate surface area is 181 Å². The third-order valence-electron chi connectivity index (χ3n) is 5.54. The normalized spacial score (nSPS) is 18.2. The number of benzene rings is 2. The SMILES string of the molecule is C[C@@H]1Cc2cc(S(=O)(=O)CCC(=O)Nc3ccccc3Cl)ccc2N1C(=O)C1CC1. The molecule has 6 nitrogen and oxygen atoms in total. The first-order valence-corrected chi connectivity index (χ1v) is 12.0. The van der Waals surface area contributed by atoms with E-state index in [1.807, 2.05) is 6.92 Å². The molecule has 2 aromatic rings. The van der Waals surface area contributed by atoms with Crippen LogP contribution in [0.3, 0.4) is 0 Å². The van der Waals surface area contributed by atoms with Gasteiger partial charge in [0.25, 0.3) is 0 Å². The van der Waals surface area contributed by atoms with E-state index in [1.165, 1.54) is 6.07 Å². The largest absolute Gasteiger partial charge is 0.325 e. The van der Waals surface area contributed by atoms with Crippen molar-refractivity contribution in [2.24, 2.45) is 5.92 Å². The smallest absolute Gasteiger partial charge is 0.230 e. The van der Waals surface area contributed by atoms with Gasteiger partial charge in [-0.3, -0.25) is 9.59 Å². The Morgan fingerprint density at radius 3 is 2.60 bits per heavy atom. The number of para-hydroxylation sites is 1. The van der Waals surface area contributed by atoms with Gasteiger partial charge >= 0.3 is 0 Å². The van der Waals surface area contributed by atoms with E-state index < -0.39 is 15.7 Å². The Kier molecular flexibility index (Phi) is 5.59. The van der Waals surface area contributed by atoms with Crippen molar-refractivity contribution in [3.63, 3.8) is 0 Å². The van der Waals surface area contributed by atoms with Crippen molar-refractivity contribution >= 4 is 44.6 Å². The molecule has 0 radical (unpaired) electrons. The van der Waals surface area contributed by atoms with E-state index in [1.54, 1.807) is 41.3 Å². The molecule has 2 aromatic carbocycles. The second-order valence-corrected chi connectivity index (χ2v) is 10.4. The number of anilines is 2. The van der Waals surface area contributed by atoms with Gasteiger partial charge in [-0.05, 0) is 62.1 Å². The molecular weight excluding hydrogens is 424 g/mol. The van der Waals surface area contributed by atoms with Crippen molar-refractivity contribution in [2.45, 2.75) is 43.5 Å². The van der Waals surface area contributed by atoms with Crippen LogP contribution >= 0.6 is 11.6 Å². The average Bonchev–Trinajstić information content (AvgIpc) is 3.50. The van der Waals surface area contributed by atoms with Crippen LogP contribution in [0.5, 0.6) is 0 Å². The lowest BCUT2D eigenvalue weighted by atomic mass is 10.1. The molecule has 1 atom stereocenters. The maximum absolute atomic E-state index is 12.8. The molecule has 0 spiro atoms. The second kappa shape index (κ2) is 8.04. The number of carbonyl (C=O) groups is 2. The lowest BCUT2D eigenvalue weighted by Crippen LogP contribution is -2.36. The molecule has 0 unspecified atom stereocenters. The zero-order chi connectivity index (χ0) is 21.5. The number of amides is 2. The number of nitrogens with one attached hydrogen (secondary N) is 1. The van der Waals surface area contributed by atoms with Crippen LogP contribution in [0, 0.1) is 5.92 Å². The Hall–Kier alpha value is -2.38. The molecule has 1 N–H and O–H groups in total. The van der Waals surface area contributed by atoms with Crippen LogP contribution < -0.4 is 10.2 Å². The molecule has 2 amide bonds. The second-order valence-electron chi connectivity index (χ2n) is 7.92. The van der Waals surface area contributed by atoms with Crippen molar-refractivity contribution in [3.05, 3.63) is 53.1 Å². The first-order valence-electron chi connectivity index (χ1n) is 9.99. The Balaban J connectivity index is 1.45. The summed E-state index contributed by atoms with van der Waals surface area (Å²) in [5, 5.41) is 3.03. The highest BCUT2D eigenvalue weighted by molar-refractivity contribution is 7.91. The molecule has 2 aliphatic rings. The summed E-state index contributed by atoms with van der Waals surface area (Å²) in [5.74, 6) is -0.475. The number of halogens is 1. The lowest BCUT2D eigenvalue weighted by molar-refractivity contribution is -0.120. The van der Waals surface area contributed by atoms with Gasteiger partial charge in [-0.15, -0.1) is 0 Å². The van der Waals surface area contributed by atoms with Gasteiger partial charge in [-0.25, -0.2) is 8.42 Å². The van der Waals surface area contributed by atoms with E-state index in [0.29, 0.717) is 17.1 Å². The van der Waals surface area contributed by atoms with Crippen molar-refractivity contribution in [2.75, 3.05) is 16.0 Å². The predicted octanol–water partition coefficient (Wildman–Crippen LogP) is 3.83. The molecular formula is C22H23ClN2O4S. The summed E-state index contributed by atoms with van der Waals surface area (Å²) >= 11 is 6.02. The van der Waals surface area contributed by atoms with Gasteiger partial charge in [0.1, 0.15) is 0 Å². The van der Waals surface area contributed by atoms with E-state index in [4.69, 9.17) is 11.6 Å². The van der Waals surface area contributed by atoms with E-state index in [-0.39, 0.29) is 34.9 Å². The zero-order valence-electron chi connectivity index (χ0n) is 16.6. The summed E-state index contributed by atoms with van der Waals surface area (Å²) in [7, 11) is -3.64. The molecule has 0 aromatic heterocycles. The Bertz CT molecular complexity index is 1110. The Morgan fingerprint density at radius 1 is 1.17 bits per heavy atom. The molecule has 1 heterocycles. The van der Waals surface area contributed by atoms with Crippen LogP contribution in [0.4, 0.5) is 11.4 Å². The van der Waals surface area contributed by atoms with E-state index in [9.17, 15) is 18.0 Å². The van der Waals surface area contributed by atoms with E-state index in [0.717, 1.165) is 24.1 Å². The minimum Gasteiger partial charge on any atom is -0.325 e. The molecule has 0 saturated heterocycles. The number of hydrogen-bond donors (Lipinski definition) is 1. The molecule has 8 heteroatoms. The van der Waals surface area contributed by atoms with Crippen LogP contribution in [0.2, 0.25) is 5.02 Å². The van der Waals surface area contributed by atoms with E-state index in [2.05, 4.69) is 5.32 Å². The van der Waals surface area contributed by atoms with Crippen LogP contribution in [0.1, 0.15) is 31.7 Å². The number of carbonyl (C=O) groups excluding carboxylic acids is 2. The number of hydrogen-bond acceptors (Lipinski definition) is 4. The number of rotatable bonds is 6. The standard InChI is InChI=1S/C22H23ClN2O4S/c1-14-12-16-13-17(8-9-20(16)25(14)22(27)15-6-7-15)30(28,29)11-10-21(26)24-19-5-3-2-4-18(19)23/h2-5,8-9,13-15H,6-7,10-12H2,1H3,(H,24,26)/t14-/m1/s1. The topological polar surface area (TPSA) is 83.6 Å². The predicted molar refractivity (Wildman–Crippen MR) is 117 cm³/mol. The third kappa shape index (κ3) is 4.23. The summed E-state index contributed by atoms with van der Waals surface area (Å²) in [6.45, 7) is 1.98. The maximum Gasteiger partial charge on any atom is 0.230 e. The highest BCUT2D eigenvalue weighted by Crippen LogP contribution is 2.39. The minimum atomic E-state index is -3.64. The van der Waals surface area contributed by atoms with Gasteiger partial charge < -0.3 is 10.2 Å². The Morgan fingerprint density at radius 2 is 1.90 bits per heavy atom. The number of nitrogens with zero attached hydrogens (tertiary/aromatic N) is 1. The highest BCUT2D eigenvalue weighted by atomic mass is 35.5. The fraction of sp³-hybridized carbons (Fsp3) is 0.364. The van der Waals surface area contributed by atoms with Gasteiger partial charge in [0, 0.05) is 24.1 Å². The number of sulfone groups is 1. The summed E-state index contributed by atoms with van der Waals surface area (Å²) in [6.07, 6.45) is 2.32. The average molecular weight is 447 g/mol. The van der Waals surface area contributed by atoms with Gasteiger partial charge in [0.2, 0.25) is 11.8 Å². The fourth-order valence-electron chi connectivity index (χ4n) is 3.78. The van der Waals surface area contributed by atoms with Gasteiger partial charge in [-0.1, -0.05) is 23.7 Å². The first-order chi connectivity index (χ1) is 14.3. The molecule has 1 fully saturated rings. The molecule has 1 aliphatic carbocycles. The molecule has 1 saturated carbocycles. The van der Waals surface area contributed by atoms with Crippen LogP contribution in [0.15, 0.2) is 47.4 Å². The minimum absolute atomic E-state index is 0.0208. The van der Waals surface area contributed by atoms with Crippen molar-refractivity contribution < 1.29 is 18.0 Å². The van der Waals surface area contributed by atoms with Crippen LogP contribution in [0.25, 0.3) is 0 Å². The van der Waals surface area contributed by atoms with Crippen molar-refractivity contribution in [1.82, 2.24) is 0 Å². The molecule has 158 valence electrons. The molecule has 4 rings (SSSR count). The summed E-state index contributed by atoms with van der Waals surface area (Å²) in [6, 6.07) is 11.7. The maximum atomic E-state index is 12.8. The monoisotopic (exact) mass is 446 g/mol. The highest BCUT2D eigenvalue weighted by Gasteiger charge is 2.39. The summed E-state index contributed by atoms with van der Waals surface area (Å²) in [4.78, 5) is 26.7. The van der Waals surface area contributed by atoms with Gasteiger partial charge in [0.15, 0.2) is 9.84 Å². The molecule has 0 bridgehead atoms. The number of fused-ring (bicyclic) bond motifs is 1. The van der Waals surface area contributed by atoms with Gasteiger partial charge in [0.05, 0.1) is 21.4 Å². The molecule has 1 aliphatic heterocycles. The van der Waals surface area contributed by atoms with E-state index >= 15 is 0 Å². The fourth-order valence-corrected chi connectivity index (χ4v) is 5.25. The summed E-state index contributed by atoms with van der Waals surface area (Å²) < 4.78 is 25.6. The lowest BCUT2D eigenvalue weighted by Gasteiger charge is -2.22. The third-order valence-corrected chi connectivity index (χ3v) is 7.58. The zero-order valence-corrected chi connectivity index (χ0v) is 18.2. The first kappa shape index (κ1) is 20.9. The van der Waals surface area contributed by atoms with Crippen molar-refractivity contribution in [3.8, 4) is 0 Å². The molecule has 30 heavy (non-hydrogen) atoms. The van der Waals surface area contributed by atoms with Gasteiger partial charge in [-0.2, -0.15) is 0 Å². The quantitative estimate of drug-likeness (QED) is 0.730. The summed E-state index contributed by atoms with van der Waals surface area (Å²) in [5.41, 5.74) is 2.11. The van der Waals surface area contributed by atoms with Crippen LogP contribution in [-0.4, -0.2) is 32.0 Å². The van der Waals surface area contributed by atoms with Crippen molar-refractivity contribution in [1.29, 1.82) is 0 Å².